The normalized spacial score (nSPS) is 16.2. The Morgan fingerprint density at radius 3 is 2.70 bits per heavy atom. The Morgan fingerprint density at radius 1 is 1.15 bits per heavy atom. The fourth-order valence-corrected chi connectivity index (χ4v) is 3.36. The summed E-state index contributed by atoms with van der Waals surface area (Å²) in [5, 5.41) is 4.37. The Bertz CT molecular complexity index is 864. The molecule has 6 nitrogen and oxygen atoms in total. The van der Waals surface area contributed by atoms with Gasteiger partial charge < -0.3 is 10.3 Å². The van der Waals surface area contributed by atoms with Crippen molar-refractivity contribution in [2.75, 3.05) is 25.0 Å². The highest BCUT2D eigenvalue weighted by molar-refractivity contribution is 5.86. The van der Waals surface area contributed by atoms with E-state index >= 15 is 0 Å². The number of anilines is 1. The molecule has 0 radical (unpaired) electrons. The van der Waals surface area contributed by atoms with E-state index in [4.69, 9.17) is 0 Å². The molecule has 0 aliphatic carbocycles. The van der Waals surface area contributed by atoms with E-state index < -0.39 is 5.92 Å². The summed E-state index contributed by atoms with van der Waals surface area (Å²) >= 11 is 0. The van der Waals surface area contributed by atoms with Crippen molar-refractivity contribution < 1.29 is 8.78 Å². The molecule has 9 heteroatoms. The zero-order valence-electron chi connectivity index (χ0n) is 14.6. The lowest BCUT2D eigenvalue weighted by Crippen LogP contribution is -2.44. The molecule has 0 amide bonds. The number of nitrogens with one attached hydrogen (secondary N) is 2. The lowest BCUT2D eigenvalue weighted by atomic mass is 10.0. The number of nitrogens with zero attached hydrogens (tertiary/aromatic N) is 4. The van der Waals surface area contributed by atoms with Crippen LogP contribution in [-0.4, -0.2) is 50.5 Å². The monoisotopic (exact) mass is 394 g/mol. The van der Waals surface area contributed by atoms with E-state index in [1.165, 1.54) is 18.6 Å². The summed E-state index contributed by atoms with van der Waals surface area (Å²) in [6.07, 6.45) is 6.32. The van der Waals surface area contributed by atoms with E-state index in [0.29, 0.717) is 13.1 Å². The third kappa shape index (κ3) is 4.33. The Kier molecular flexibility index (Phi) is 5.86. The summed E-state index contributed by atoms with van der Waals surface area (Å²) in [6, 6.07) is 6.76. The van der Waals surface area contributed by atoms with Crippen LogP contribution in [0.5, 0.6) is 0 Å². The number of rotatable bonds is 5. The molecule has 0 spiro atoms. The maximum atomic E-state index is 14.4. The van der Waals surface area contributed by atoms with Crippen molar-refractivity contribution >= 4 is 29.3 Å². The maximum absolute atomic E-state index is 14.4. The zero-order chi connectivity index (χ0) is 18.0. The number of alkyl halides is 2. The van der Waals surface area contributed by atoms with Crippen molar-refractivity contribution in [1.82, 2.24) is 24.8 Å². The second kappa shape index (κ2) is 8.14. The largest absolute Gasteiger partial charge is 0.367 e. The molecule has 0 atom stereocenters. The average Bonchev–Trinajstić information content (AvgIpc) is 3.14. The van der Waals surface area contributed by atoms with Gasteiger partial charge in [0.25, 0.3) is 0 Å². The molecule has 2 N–H and O–H groups in total. The number of hydrogen-bond acceptors (Lipinski definition) is 5. The summed E-state index contributed by atoms with van der Waals surface area (Å²) in [6.45, 7) is 0.926. The van der Waals surface area contributed by atoms with Gasteiger partial charge in [-0.05, 0) is 31.0 Å². The molecule has 0 saturated carbocycles. The Labute approximate surface area is 161 Å². The van der Waals surface area contributed by atoms with Crippen LogP contribution in [0.4, 0.5) is 14.6 Å². The van der Waals surface area contributed by atoms with Crippen LogP contribution < -0.4 is 5.32 Å². The van der Waals surface area contributed by atoms with E-state index in [-0.39, 0.29) is 30.7 Å². The molecule has 1 saturated heterocycles. The van der Waals surface area contributed by atoms with Gasteiger partial charge in [0.2, 0.25) is 0 Å². The molecule has 0 unspecified atom stereocenters. The number of aromatic nitrogens is 4. The highest BCUT2D eigenvalue weighted by Crippen LogP contribution is 2.29. The first kappa shape index (κ1) is 19.4. The third-order valence-electron chi connectivity index (χ3n) is 4.74. The van der Waals surface area contributed by atoms with Gasteiger partial charge in [-0.2, -0.15) is 8.78 Å². The minimum absolute atomic E-state index is 0. The molecule has 144 valence electrons. The first-order valence-corrected chi connectivity index (χ1v) is 8.68. The quantitative estimate of drug-likeness (QED) is 0.693. The van der Waals surface area contributed by atoms with Crippen LogP contribution in [-0.2, 0) is 5.92 Å². The van der Waals surface area contributed by atoms with E-state index in [2.05, 4.69) is 25.3 Å². The molecule has 0 bridgehead atoms. The summed E-state index contributed by atoms with van der Waals surface area (Å²) in [7, 11) is 0. The van der Waals surface area contributed by atoms with Crippen molar-refractivity contribution in [1.29, 1.82) is 0 Å². The number of aromatic amines is 1. The molecule has 1 fully saturated rings. The molecule has 1 aliphatic rings. The molecular formula is C18H21ClF2N6. The number of fused-ring (bicyclic) bond motifs is 1. The summed E-state index contributed by atoms with van der Waals surface area (Å²) in [5.41, 5.74) is 0.617. The van der Waals surface area contributed by atoms with Crippen molar-refractivity contribution in [3.8, 4) is 0 Å². The number of likely N-dealkylation sites (tertiary alicyclic amines) is 1. The molecule has 27 heavy (non-hydrogen) atoms. The number of piperidine rings is 1. The Hall–Kier alpha value is -2.32. The minimum atomic E-state index is -2.94. The zero-order valence-corrected chi connectivity index (χ0v) is 15.4. The van der Waals surface area contributed by atoms with E-state index in [0.717, 1.165) is 29.7 Å². The van der Waals surface area contributed by atoms with Crippen LogP contribution in [0.3, 0.4) is 0 Å². The van der Waals surface area contributed by atoms with E-state index in [1.54, 1.807) is 17.0 Å². The van der Waals surface area contributed by atoms with Gasteiger partial charge in [-0.15, -0.1) is 12.4 Å². The topological polar surface area (TPSA) is 69.7 Å². The molecule has 4 rings (SSSR count). The van der Waals surface area contributed by atoms with Crippen LogP contribution in [0.15, 0.2) is 43.0 Å². The number of H-pyrrole nitrogens is 1. The van der Waals surface area contributed by atoms with Crippen molar-refractivity contribution in [3.05, 3.63) is 48.7 Å². The van der Waals surface area contributed by atoms with Crippen LogP contribution in [0.25, 0.3) is 11.0 Å². The Balaban J connectivity index is 0.00000210. The van der Waals surface area contributed by atoms with Crippen LogP contribution >= 0.6 is 12.4 Å². The van der Waals surface area contributed by atoms with Gasteiger partial charge in [0, 0.05) is 31.5 Å². The lowest BCUT2D eigenvalue weighted by molar-refractivity contribution is -0.0457. The minimum Gasteiger partial charge on any atom is -0.367 e. The predicted octanol–water partition coefficient (Wildman–Crippen LogP) is 3.44. The summed E-state index contributed by atoms with van der Waals surface area (Å²) < 4.78 is 28.8. The summed E-state index contributed by atoms with van der Waals surface area (Å²) in [4.78, 5) is 17.1. The SMILES string of the molecule is Cl.FC(F)(CN1CCC(Nc2ncnc3[nH]ccc23)CC1)c1ccccn1. The van der Waals surface area contributed by atoms with Crippen molar-refractivity contribution in [3.63, 3.8) is 0 Å². The highest BCUT2D eigenvalue weighted by atomic mass is 35.5. The summed E-state index contributed by atoms with van der Waals surface area (Å²) in [5.74, 6) is -2.15. The van der Waals surface area contributed by atoms with E-state index in [1.807, 2.05) is 12.3 Å². The Morgan fingerprint density at radius 2 is 1.96 bits per heavy atom. The van der Waals surface area contributed by atoms with Gasteiger partial charge in [-0.25, -0.2) is 9.97 Å². The second-order valence-corrected chi connectivity index (χ2v) is 6.58. The third-order valence-corrected chi connectivity index (χ3v) is 4.74. The van der Waals surface area contributed by atoms with Crippen LogP contribution in [0.2, 0.25) is 0 Å². The smallest absolute Gasteiger partial charge is 0.302 e. The van der Waals surface area contributed by atoms with Crippen molar-refractivity contribution in [2.45, 2.75) is 24.8 Å². The van der Waals surface area contributed by atoms with Gasteiger partial charge in [-0.1, -0.05) is 6.07 Å². The fraction of sp³-hybridized carbons (Fsp3) is 0.389. The van der Waals surface area contributed by atoms with Crippen molar-refractivity contribution in [2.24, 2.45) is 0 Å². The van der Waals surface area contributed by atoms with Gasteiger partial charge >= 0.3 is 5.92 Å². The van der Waals surface area contributed by atoms with E-state index in [9.17, 15) is 8.78 Å². The standard InChI is InChI=1S/C18H20F2N6.ClH/c19-18(20,15-3-1-2-7-21-15)11-26-9-5-13(6-10-26)25-17-14-4-8-22-16(14)23-12-24-17;/h1-4,7-8,12-13H,5-6,9-11H2,(H2,22,23,24,25);1H. The first-order valence-electron chi connectivity index (χ1n) is 8.68. The molecule has 3 aromatic rings. The predicted molar refractivity (Wildman–Crippen MR) is 102 cm³/mol. The highest BCUT2D eigenvalue weighted by Gasteiger charge is 2.36. The van der Waals surface area contributed by atoms with Gasteiger partial charge in [0.05, 0.1) is 11.9 Å². The lowest BCUT2D eigenvalue weighted by Gasteiger charge is -2.34. The van der Waals surface area contributed by atoms with Gasteiger partial charge in [0.15, 0.2) is 0 Å². The van der Waals surface area contributed by atoms with Crippen LogP contribution in [0.1, 0.15) is 18.5 Å². The average molecular weight is 395 g/mol. The van der Waals surface area contributed by atoms with Gasteiger partial charge in [-0.3, -0.25) is 9.88 Å². The van der Waals surface area contributed by atoms with Crippen LogP contribution in [0, 0.1) is 0 Å². The molecule has 0 aromatic carbocycles. The maximum Gasteiger partial charge on any atom is 0.302 e. The van der Waals surface area contributed by atoms with Gasteiger partial charge in [0.1, 0.15) is 23.5 Å². The number of halogens is 3. The fourth-order valence-electron chi connectivity index (χ4n) is 3.36. The molecule has 1 aliphatic heterocycles. The second-order valence-electron chi connectivity index (χ2n) is 6.58. The molecular weight excluding hydrogens is 374 g/mol. The number of pyridine rings is 1. The number of hydrogen-bond donors (Lipinski definition) is 2. The molecule has 4 heterocycles. The molecule has 3 aromatic heterocycles. The first-order chi connectivity index (χ1) is 12.6.